The Hall–Kier alpha value is -1.32. The van der Waals surface area contributed by atoms with Gasteiger partial charge in [0.25, 0.3) is 0 Å². The Kier molecular flexibility index (Phi) is 5.61. The van der Waals surface area contributed by atoms with Crippen LogP contribution in [0.25, 0.3) is 0 Å². The van der Waals surface area contributed by atoms with Crippen LogP contribution in [0.5, 0.6) is 0 Å². The van der Waals surface area contributed by atoms with Gasteiger partial charge in [-0.25, -0.2) is 0 Å². The Labute approximate surface area is 100 Å². The zero-order valence-corrected chi connectivity index (χ0v) is 9.76. The molecule has 0 aliphatic heterocycles. The third-order valence-corrected chi connectivity index (χ3v) is 2.29. The summed E-state index contributed by atoms with van der Waals surface area (Å²) in [7, 11) is 0. The van der Waals surface area contributed by atoms with Gasteiger partial charge in [0.05, 0.1) is 17.3 Å². The maximum atomic E-state index is 11.5. The molecule has 0 spiro atoms. The fourth-order valence-corrected chi connectivity index (χ4v) is 1.35. The van der Waals surface area contributed by atoms with E-state index < -0.39 is 0 Å². The quantitative estimate of drug-likeness (QED) is 0.591. The summed E-state index contributed by atoms with van der Waals surface area (Å²) >= 11 is 5.90. The van der Waals surface area contributed by atoms with Crippen molar-refractivity contribution in [2.45, 2.75) is 6.42 Å². The lowest BCUT2D eigenvalue weighted by atomic mass is 10.3. The zero-order valence-electron chi connectivity index (χ0n) is 9.00. The van der Waals surface area contributed by atoms with Gasteiger partial charge < -0.3 is 10.6 Å². The molecule has 0 saturated heterocycles. The van der Waals surface area contributed by atoms with Gasteiger partial charge in [-0.05, 0) is 25.1 Å². The van der Waals surface area contributed by atoms with Crippen molar-refractivity contribution in [3.8, 4) is 0 Å². The van der Waals surface area contributed by atoms with E-state index >= 15 is 0 Å². The number of halogens is 1. The molecule has 1 amide bonds. The SMILES string of the molecule is C=CCCNCC(=O)Nc1ccccc1Cl. The van der Waals surface area contributed by atoms with Crippen LogP contribution >= 0.6 is 11.6 Å². The normalized spacial score (nSPS) is 9.81. The van der Waals surface area contributed by atoms with Crippen molar-refractivity contribution in [2.75, 3.05) is 18.4 Å². The van der Waals surface area contributed by atoms with E-state index in [1.165, 1.54) is 0 Å². The topological polar surface area (TPSA) is 41.1 Å². The average molecular weight is 239 g/mol. The Balaban J connectivity index is 2.34. The molecule has 0 bridgehead atoms. The summed E-state index contributed by atoms with van der Waals surface area (Å²) in [5, 5.41) is 6.27. The molecule has 0 heterocycles. The number of nitrogens with one attached hydrogen (secondary N) is 2. The van der Waals surface area contributed by atoms with Crippen molar-refractivity contribution in [1.82, 2.24) is 5.32 Å². The monoisotopic (exact) mass is 238 g/mol. The second kappa shape index (κ2) is 7.04. The van der Waals surface area contributed by atoms with Crippen LogP contribution in [0, 0.1) is 0 Å². The molecule has 0 unspecified atom stereocenters. The third-order valence-electron chi connectivity index (χ3n) is 1.96. The van der Waals surface area contributed by atoms with E-state index in [0.717, 1.165) is 13.0 Å². The maximum Gasteiger partial charge on any atom is 0.238 e. The van der Waals surface area contributed by atoms with Crippen LogP contribution in [0.15, 0.2) is 36.9 Å². The minimum absolute atomic E-state index is 0.0998. The van der Waals surface area contributed by atoms with E-state index in [9.17, 15) is 4.79 Å². The Bertz CT molecular complexity index is 366. The van der Waals surface area contributed by atoms with Gasteiger partial charge in [-0.3, -0.25) is 4.79 Å². The highest BCUT2D eigenvalue weighted by Gasteiger charge is 2.03. The van der Waals surface area contributed by atoms with Crippen LogP contribution in [0.3, 0.4) is 0 Å². The lowest BCUT2D eigenvalue weighted by Gasteiger charge is -2.07. The highest BCUT2D eigenvalue weighted by atomic mass is 35.5. The smallest absolute Gasteiger partial charge is 0.238 e. The number of amides is 1. The Morgan fingerprint density at radius 2 is 2.19 bits per heavy atom. The largest absolute Gasteiger partial charge is 0.324 e. The molecule has 1 aromatic rings. The van der Waals surface area contributed by atoms with Crippen LogP contribution in [0.2, 0.25) is 5.02 Å². The fourth-order valence-electron chi connectivity index (χ4n) is 1.16. The summed E-state index contributed by atoms with van der Waals surface area (Å²) < 4.78 is 0. The molecule has 86 valence electrons. The molecule has 0 radical (unpaired) electrons. The van der Waals surface area contributed by atoms with Crippen molar-refractivity contribution in [3.05, 3.63) is 41.9 Å². The first-order valence-corrected chi connectivity index (χ1v) is 5.48. The van der Waals surface area contributed by atoms with Gasteiger partial charge in [0, 0.05) is 0 Å². The van der Waals surface area contributed by atoms with E-state index in [4.69, 9.17) is 11.6 Å². The molecule has 0 atom stereocenters. The lowest BCUT2D eigenvalue weighted by Crippen LogP contribution is -2.28. The van der Waals surface area contributed by atoms with E-state index in [1.807, 2.05) is 12.1 Å². The van der Waals surface area contributed by atoms with Gasteiger partial charge in [0.2, 0.25) is 5.91 Å². The zero-order chi connectivity index (χ0) is 11.8. The number of carbonyl (C=O) groups excluding carboxylic acids is 1. The molecule has 1 aromatic carbocycles. The van der Waals surface area contributed by atoms with Crippen molar-refractivity contribution >= 4 is 23.2 Å². The van der Waals surface area contributed by atoms with Crippen molar-refractivity contribution in [1.29, 1.82) is 0 Å². The maximum absolute atomic E-state index is 11.5. The second-order valence-corrected chi connectivity index (χ2v) is 3.69. The third kappa shape index (κ3) is 4.47. The number of carbonyl (C=O) groups is 1. The molecule has 2 N–H and O–H groups in total. The highest BCUT2D eigenvalue weighted by Crippen LogP contribution is 2.19. The van der Waals surface area contributed by atoms with Gasteiger partial charge in [0.15, 0.2) is 0 Å². The van der Waals surface area contributed by atoms with Crippen molar-refractivity contribution < 1.29 is 4.79 Å². The van der Waals surface area contributed by atoms with Gasteiger partial charge >= 0.3 is 0 Å². The van der Waals surface area contributed by atoms with Gasteiger partial charge in [-0.15, -0.1) is 6.58 Å². The summed E-state index contributed by atoms with van der Waals surface area (Å²) in [5.41, 5.74) is 0.639. The van der Waals surface area contributed by atoms with Gasteiger partial charge in [-0.2, -0.15) is 0 Å². The molecular formula is C12H15ClN2O. The predicted octanol–water partition coefficient (Wildman–Crippen LogP) is 2.44. The minimum Gasteiger partial charge on any atom is -0.324 e. The highest BCUT2D eigenvalue weighted by molar-refractivity contribution is 6.33. The fraction of sp³-hybridized carbons (Fsp3) is 0.250. The molecule has 16 heavy (non-hydrogen) atoms. The molecule has 0 aliphatic rings. The van der Waals surface area contributed by atoms with Crippen molar-refractivity contribution in [3.63, 3.8) is 0 Å². The number of anilines is 1. The molecule has 0 saturated carbocycles. The molecule has 4 heteroatoms. The average Bonchev–Trinajstić information content (AvgIpc) is 2.28. The first-order valence-electron chi connectivity index (χ1n) is 5.10. The number of rotatable bonds is 6. The van der Waals surface area contributed by atoms with E-state index in [1.54, 1.807) is 18.2 Å². The van der Waals surface area contributed by atoms with E-state index in [-0.39, 0.29) is 12.5 Å². The predicted molar refractivity (Wildman–Crippen MR) is 67.8 cm³/mol. The molecule has 0 aliphatic carbocycles. The standard InChI is InChI=1S/C12H15ClN2O/c1-2-3-8-14-9-12(16)15-11-7-5-4-6-10(11)13/h2,4-7,14H,1,3,8-9H2,(H,15,16). The Morgan fingerprint density at radius 3 is 2.88 bits per heavy atom. The van der Waals surface area contributed by atoms with Crippen LogP contribution in [0.4, 0.5) is 5.69 Å². The van der Waals surface area contributed by atoms with Crippen LogP contribution < -0.4 is 10.6 Å². The van der Waals surface area contributed by atoms with Crippen LogP contribution in [-0.2, 0) is 4.79 Å². The number of hydrogen-bond acceptors (Lipinski definition) is 2. The minimum atomic E-state index is -0.0998. The number of para-hydroxylation sites is 1. The van der Waals surface area contributed by atoms with Gasteiger partial charge in [0.1, 0.15) is 0 Å². The molecule has 0 fully saturated rings. The number of benzene rings is 1. The van der Waals surface area contributed by atoms with Gasteiger partial charge in [-0.1, -0.05) is 29.8 Å². The molecule has 1 rings (SSSR count). The van der Waals surface area contributed by atoms with Crippen LogP contribution in [-0.4, -0.2) is 19.0 Å². The molecular weight excluding hydrogens is 224 g/mol. The van der Waals surface area contributed by atoms with Crippen molar-refractivity contribution in [2.24, 2.45) is 0 Å². The van der Waals surface area contributed by atoms with E-state index in [2.05, 4.69) is 17.2 Å². The lowest BCUT2D eigenvalue weighted by molar-refractivity contribution is -0.115. The summed E-state index contributed by atoms with van der Waals surface area (Å²) in [6, 6.07) is 7.15. The summed E-state index contributed by atoms with van der Waals surface area (Å²) in [4.78, 5) is 11.5. The summed E-state index contributed by atoms with van der Waals surface area (Å²) in [6.45, 7) is 4.62. The first-order chi connectivity index (χ1) is 7.74. The summed E-state index contributed by atoms with van der Waals surface area (Å²) in [5.74, 6) is -0.0998. The Morgan fingerprint density at radius 1 is 1.44 bits per heavy atom. The van der Waals surface area contributed by atoms with E-state index in [0.29, 0.717) is 10.7 Å². The molecule has 3 nitrogen and oxygen atoms in total. The number of hydrogen-bond donors (Lipinski definition) is 2. The summed E-state index contributed by atoms with van der Waals surface area (Å²) in [6.07, 6.45) is 2.65. The molecule has 0 aromatic heterocycles. The van der Waals surface area contributed by atoms with Crippen LogP contribution in [0.1, 0.15) is 6.42 Å². The first kappa shape index (κ1) is 12.7. The second-order valence-electron chi connectivity index (χ2n) is 3.28.